The van der Waals surface area contributed by atoms with Gasteiger partial charge in [-0.1, -0.05) is 6.07 Å². The molecule has 0 saturated heterocycles. The van der Waals surface area contributed by atoms with Crippen molar-refractivity contribution in [3.8, 4) is 11.5 Å². The zero-order chi connectivity index (χ0) is 22.4. The van der Waals surface area contributed by atoms with Crippen LogP contribution in [0.1, 0.15) is 29.5 Å². The summed E-state index contributed by atoms with van der Waals surface area (Å²) in [5, 5.41) is 0. The normalized spacial score (nSPS) is 16.5. The molecule has 1 aliphatic carbocycles. The minimum atomic E-state index is -4.81. The van der Waals surface area contributed by atoms with Crippen LogP contribution in [0.25, 0.3) is 5.57 Å². The number of rotatable bonds is 6. The van der Waals surface area contributed by atoms with Gasteiger partial charge in [0.1, 0.15) is 11.5 Å². The lowest BCUT2D eigenvalue weighted by Crippen LogP contribution is -2.20. The predicted octanol–water partition coefficient (Wildman–Crippen LogP) is 4.61. The van der Waals surface area contributed by atoms with Gasteiger partial charge in [0.25, 0.3) is 0 Å². The topological polar surface area (TPSA) is 55.8 Å². The van der Waals surface area contributed by atoms with E-state index >= 15 is 0 Å². The Balaban J connectivity index is 1.82. The lowest BCUT2D eigenvalue weighted by Gasteiger charge is -2.27. The Bertz CT molecular complexity index is 1140. The first kappa shape index (κ1) is 21.5. The van der Waals surface area contributed by atoms with Crippen LogP contribution >= 0.6 is 0 Å². The van der Waals surface area contributed by atoms with Crippen molar-refractivity contribution in [1.82, 2.24) is 4.90 Å². The standard InChI is InChI=1S/C22H22F3NO4S/c1-26-11-15-5-6-16(30-22(23,24)25)9-18(15)20(12-26)19-10-17(31(2,27)28)7-8-21(19)29-13-14-3-4-14/h5-10,12,14H,3-4,11,13H2,1-2H3. The third kappa shape index (κ3) is 5.15. The number of nitrogens with zero attached hydrogens (tertiary/aromatic N) is 1. The molecule has 5 nitrogen and oxygen atoms in total. The second-order valence-corrected chi connectivity index (χ2v) is 10.0. The fourth-order valence-electron chi connectivity index (χ4n) is 3.53. The lowest BCUT2D eigenvalue weighted by atomic mass is 9.91. The van der Waals surface area contributed by atoms with Crippen LogP contribution in [0.4, 0.5) is 13.2 Å². The first-order valence-electron chi connectivity index (χ1n) is 9.78. The van der Waals surface area contributed by atoms with Gasteiger partial charge in [0.2, 0.25) is 0 Å². The fraction of sp³-hybridized carbons (Fsp3) is 0.364. The number of alkyl halides is 3. The van der Waals surface area contributed by atoms with Gasteiger partial charge in [-0.2, -0.15) is 0 Å². The molecule has 1 aliphatic heterocycles. The molecule has 1 fully saturated rings. The Kier molecular flexibility index (Phi) is 5.41. The first-order chi connectivity index (χ1) is 14.5. The molecule has 166 valence electrons. The van der Waals surface area contributed by atoms with Crippen molar-refractivity contribution in [2.75, 3.05) is 19.9 Å². The van der Waals surface area contributed by atoms with E-state index < -0.39 is 16.2 Å². The summed E-state index contributed by atoms with van der Waals surface area (Å²) in [6.45, 7) is 1.01. The maximum Gasteiger partial charge on any atom is 0.573 e. The number of hydrogen-bond donors (Lipinski definition) is 0. The molecule has 4 rings (SSSR count). The molecule has 2 aromatic rings. The second kappa shape index (κ2) is 7.78. The Morgan fingerprint density at radius 3 is 2.48 bits per heavy atom. The highest BCUT2D eigenvalue weighted by molar-refractivity contribution is 7.90. The summed E-state index contributed by atoms with van der Waals surface area (Å²) in [7, 11) is -1.65. The molecule has 0 bridgehead atoms. The fourth-order valence-corrected chi connectivity index (χ4v) is 4.18. The van der Waals surface area contributed by atoms with Crippen LogP contribution in [0.15, 0.2) is 47.5 Å². The van der Waals surface area contributed by atoms with Crippen LogP contribution in [0.5, 0.6) is 11.5 Å². The van der Waals surface area contributed by atoms with Crippen molar-refractivity contribution in [1.29, 1.82) is 0 Å². The zero-order valence-electron chi connectivity index (χ0n) is 17.1. The van der Waals surface area contributed by atoms with Crippen molar-refractivity contribution in [2.45, 2.75) is 30.6 Å². The van der Waals surface area contributed by atoms with Crippen molar-refractivity contribution in [2.24, 2.45) is 5.92 Å². The van der Waals surface area contributed by atoms with Crippen LogP contribution in [0.3, 0.4) is 0 Å². The smallest absolute Gasteiger partial charge is 0.493 e. The van der Waals surface area contributed by atoms with Gasteiger partial charge < -0.3 is 14.4 Å². The molecular weight excluding hydrogens is 431 g/mol. The molecule has 0 radical (unpaired) electrons. The SMILES string of the molecule is CN1C=C(c2cc(S(C)(=O)=O)ccc2OCC2CC2)c2cc(OC(F)(F)F)ccc2C1. The van der Waals surface area contributed by atoms with E-state index in [0.717, 1.165) is 24.7 Å². The highest BCUT2D eigenvalue weighted by atomic mass is 32.2. The molecule has 0 spiro atoms. The van der Waals surface area contributed by atoms with E-state index in [-0.39, 0.29) is 10.6 Å². The van der Waals surface area contributed by atoms with Gasteiger partial charge in [-0.3, -0.25) is 0 Å². The van der Waals surface area contributed by atoms with Gasteiger partial charge in [0, 0.05) is 37.2 Å². The summed E-state index contributed by atoms with van der Waals surface area (Å²) >= 11 is 0. The molecule has 0 aromatic heterocycles. The Labute approximate surface area is 179 Å². The van der Waals surface area contributed by atoms with Gasteiger partial charge in [0.05, 0.1) is 11.5 Å². The van der Waals surface area contributed by atoms with Crippen molar-refractivity contribution in [3.05, 3.63) is 59.3 Å². The molecule has 0 atom stereocenters. The summed E-state index contributed by atoms with van der Waals surface area (Å²) in [4.78, 5) is 2.00. The summed E-state index contributed by atoms with van der Waals surface area (Å²) in [6, 6.07) is 8.81. The molecular formula is C22H22F3NO4S. The molecule has 2 aromatic carbocycles. The van der Waals surface area contributed by atoms with Crippen molar-refractivity contribution in [3.63, 3.8) is 0 Å². The number of benzene rings is 2. The van der Waals surface area contributed by atoms with Gasteiger partial charge in [0.15, 0.2) is 9.84 Å². The number of sulfone groups is 1. The average molecular weight is 453 g/mol. The number of halogens is 3. The Morgan fingerprint density at radius 1 is 1.10 bits per heavy atom. The predicted molar refractivity (Wildman–Crippen MR) is 109 cm³/mol. The molecule has 31 heavy (non-hydrogen) atoms. The second-order valence-electron chi connectivity index (χ2n) is 8.01. The molecule has 2 aliphatic rings. The summed E-state index contributed by atoms with van der Waals surface area (Å²) < 4.78 is 72.7. The van der Waals surface area contributed by atoms with E-state index in [1.165, 1.54) is 24.3 Å². The molecule has 0 amide bonds. The quantitative estimate of drug-likeness (QED) is 0.639. The lowest BCUT2D eigenvalue weighted by molar-refractivity contribution is -0.274. The van der Waals surface area contributed by atoms with Crippen molar-refractivity contribution < 1.29 is 31.1 Å². The van der Waals surface area contributed by atoms with E-state index in [2.05, 4.69) is 4.74 Å². The summed E-state index contributed by atoms with van der Waals surface area (Å²) in [5.74, 6) is 0.639. The number of hydrogen-bond acceptors (Lipinski definition) is 5. The van der Waals surface area contributed by atoms with Crippen LogP contribution in [-0.4, -0.2) is 39.6 Å². The van der Waals surface area contributed by atoms with Gasteiger partial charge in [-0.15, -0.1) is 13.2 Å². The van der Waals surface area contributed by atoms with E-state index in [1.807, 2.05) is 11.9 Å². The van der Waals surface area contributed by atoms with E-state index in [0.29, 0.717) is 41.5 Å². The molecule has 1 saturated carbocycles. The minimum Gasteiger partial charge on any atom is -0.493 e. The van der Waals surface area contributed by atoms with Crippen molar-refractivity contribution >= 4 is 15.4 Å². The summed E-state index contributed by atoms with van der Waals surface area (Å²) in [6.07, 6.45) is 0.261. The maximum atomic E-state index is 12.8. The molecule has 0 N–H and O–H groups in total. The van der Waals surface area contributed by atoms with E-state index in [1.54, 1.807) is 18.3 Å². The van der Waals surface area contributed by atoms with E-state index in [9.17, 15) is 21.6 Å². The maximum absolute atomic E-state index is 12.8. The average Bonchev–Trinajstić information content (AvgIpc) is 3.48. The Morgan fingerprint density at radius 2 is 1.84 bits per heavy atom. The zero-order valence-corrected chi connectivity index (χ0v) is 17.9. The van der Waals surface area contributed by atoms with Crippen LogP contribution in [-0.2, 0) is 16.4 Å². The molecule has 9 heteroatoms. The largest absolute Gasteiger partial charge is 0.573 e. The van der Waals surface area contributed by atoms with Gasteiger partial charge in [-0.25, -0.2) is 8.42 Å². The monoisotopic (exact) mass is 453 g/mol. The van der Waals surface area contributed by atoms with E-state index in [4.69, 9.17) is 4.74 Å². The van der Waals surface area contributed by atoms with Crippen LogP contribution < -0.4 is 9.47 Å². The Hall–Kier alpha value is -2.68. The molecule has 1 heterocycles. The third-order valence-corrected chi connectivity index (χ3v) is 6.33. The number of fused-ring (bicyclic) bond motifs is 1. The molecule has 0 unspecified atom stereocenters. The highest BCUT2D eigenvalue weighted by Crippen LogP contribution is 2.40. The van der Waals surface area contributed by atoms with Crippen LogP contribution in [0.2, 0.25) is 0 Å². The minimum absolute atomic E-state index is 0.111. The van der Waals surface area contributed by atoms with Gasteiger partial charge >= 0.3 is 6.36 Å². The van der Waals surface area contributed by atoms with Gasteiger partial charge in [-0.05, 0) is 60.2 Å². The van der Waals surface area contributed by atoms with Crippen LogP contribution in [0, 0.1) is 5.92 Å². The first-order valence-corrected chi connectivity index (χ1v) is 11.7. The number of ether oxygens (including phenoxy) is 2. The highest BCUT2D eigenvalue weighted by Gasteiger charge is 2.32. The summed E-state index contributed by atoms with van der Waals surface area (Å²) in [5.41, 5.74) is 2.43. The third-order valence-electron chi connectivity index (χ3n) is 5.22.